The lowest BCUT2D eigenvalue weighted by Gasteiger charge is -2.45. The molecule has 0 bridgehead atoms. The first-order valence-corrected chi connectivity index (χ1v) is 6.47. The SMILES string of the molecule is Cc1cc(C)cc(N2CC(C)(C)NCC2C)c1. The van der Waals surface area contributed by atoms with Crippen molar-refractivity contribution in [2.75, 3.05) is 18.0 Å². The molecular weight excluding hydrogens is 208 g/mol. The van der Waals surface area contributed by atoms with Gasteiger partial charge in [0.15, 0.2) is 0 Å². The van der Waals surface area contributed by atoms with E-state index < -0.39 is 0 Å². The molecule has 0 radical (unpaired) electrons. The lowest BCUT2D eigenvalue weighted by molar-refractivity contribution is 0.318. The van der Waals surface area contributed by atoms with Crippen LogP contribution >= 0.6 is 0 Å². The standard InChI is InChI=1S/C15H24N2/c1-11-6-12(2)8-14(7-11)17-10-15(4,5)16-9-13(17)3/h6-8,13,16H,9-10H2,1-5H3. The summed E-state index contributed by atoms with van der Waals surface area (Å²) in [5.74, 6) is 0. The molecule has 2 rings (SSSR count). The van der Waals surface area contributed by atoms with Crippen LogP contribution in [0, 0.1) is 13.8 Å². The van der Waals surface area contributed by atoms with Gasteiger partial charge < -0.3 is 10.2 Å². The van der Waals surface area contributed by atoms with E-state index in [1.165, 1.54) is 16.8 Å². The molecular formula is C15H24N2. The van der Waals surface area contributed by atoms with Crippen LogP contribution in [0.4, 0.5) is 5.69 Å². The van der Waals surface area contributed by atoms with Crippen LogP contribution in [0.25, 0.3) is 0 Å². The van der Waals surface area contributed by atoms with Crippen molar-refractivity contribution in [3.05, 3.63) is 29.3 Å². The Kier molecular flexibility index (Phi) is 3.17. The summed E-state index contributed by atoms with van der Waals surface area (Å²) in [6.45, 7) is 13.3. The number of piperazine rings is 1. The highest BCUT2D eigenvalue weighted by Crippen LogP contribution is 2.25. The minimum absolute atomic E-state index is 0.199. The molecule has 1 saturated heterocycles. The molecule has 0 spiro atoms. The summed E-state index contributed by atoms with van der Waals surface area (Å²) in [6.07, 6.45) is 0. The lowest BCUT2D eigenvalue weighted by Crippen LogP contribution is -2.61. The van der Waals surface area contributed by atoms with Crippen LogP contribution in [0.5, 0.6) is 0 Å². The number of anilines is 1. The molecule has 1 N–H and O–H groups in total. The largest absolute Gasteiger partial charge is 0.366 e. The first-order valence-electron chi connectivity index (χ1n) is 6.47. The highest BCUT2D eigenvalue weighted by Gasteiger charge is 2.30. The van der Waals surface area contributed by atoms with Gasteiger partial charge in [-0.3, -0.25) is 0 Å². The molecule has 1 fully saturated rings. The van der Waals surface area contributed by atoms with Gasteiger partial charge in [-0.1, -0.05) is 6.07 Å². The number of rotatable bonds is 1. The zero-order valence-electron chi connectivity index (χ0n) is 11.7. The number of nitrogens with one attached hydrogen (secondary N) is 1. The number of hydrogen-bond donors (Lipinski definition) is 1. The van der Waals surface area contributed by atoms with Gasteiger partial charge in [0, 0.05) is 30.4 Å². The molecule has 1 aromatic carbocycles. The van der Waals surface area contributed by atoms with E-state index >= 15 is 0 Å². The summed E-state index contributed by atoms with van der Waals surface area (Å²) in [4.78, 5) is 2.52. The highest BCUT2D eigenvalue weighted by molar-refractivity contribution is 5.52. The lowest BCUT2D eigenvalue weighted by atomic mass is 9.98. The Morgan fingerprint density at radius 1 is 1.18 bits per heavy atom. The average molecular weight is 232 g/mol. The van der Waals surface area contributed by atoms with Gasteiger partial charge in [0.05, 0.1) is 0 Å². The molecule has 1 atom stereocenters. The van der Waals surface area contributed by atoms with Crippen molar-refractivity contribution >= 4 is 5.69 Å². The first kappa shape index (κ1) is 12.4. The molecule has 0 amide bonds. The molecule has 1 aliphatic rings. The fourth-order valence-corrected chi connectivity index (χ4v) is 2.63. The second-order valence-electron chi connectivity index (χ2n) is 6.09. The summed E-state index contributed by atoms with van der Waals surface area (Å²) < 4.78 is 0. The van der Waals surface area contributed by atoms with Crippen LogP contribution in [0.15, 0.2) is 18.2 Å². The fraction of sp³-hybridized carbons (Fsp3) is 0.600. The van der Waals surface area contributed by atoms with Crippen LogP contribution < -0.4 is 10.2 Å². The summed E-state index contributed by atoms with van der Waals surface area (Å²) >= 11 is 0. The maximum Gasteiger partial charge on any atom is 0.0387 e. The maximum absolute atomic E-state index is 3.60. The van der Waals surface area contributed by atoms with Gasteiger partial charge in [0.25, 0.3) is 0 Å². The van der Waals surface area contributed by atoms with Gasteiger partial charge in [-0.05, 0) is 57.9 Å². The fourth-order valence-electron chi connectivity index (χ4n) is 2.63. The Balaban J connectivity index is 2.30. The molecule has 2 nitrogen and oxygen atoms in total. The molecule has 0 aliphatic carbocycles. The van der Waals surface area contributed by atoms with Crippen LogP contribution in [-0.4, -0.2) is 24.7 Å². The number of nitrogens with zero attached hydrogens (tertiary/aromatic N) is 1. The van der Waals surface area contributed by atoms with Crippen molar-refractivity contribution in [2.45, 2.75) is 46.2 Å². The number of aryl methyl sites for hydroxylation is 2. The zero-order chi connectivity index (χ0) is 12.6. The third kappa shape index (κ3) is 2.81. The van der Waals surface area contributed by atoms with E-state index in [0.717, 1.165) is 13.1 Å². The van der Waals surface area contributed by atoms with E-state index in [1.807, 2.05) is 0 Å². The van der Waals surface area contributed by atoms with E-state index in [1.54, 1.807) is 0 Å². The van der Waals surface area contributed by atoms with Crippen LogP contribution in [-0.2, 0) is 0 Å². The van der Waals surface area contributed by atoms with E-state index in [2.05, 4.69) is 63.0 Å². The molecule has 94 valence electrons. The number of benzene rings is 1. The molecule has 0 saturated carbocycles. The predicted octanol–water partition coefficient (Wildman–Crippen LogP) is 2.88. The topological polar surface area (TPSA) is 15.3 Å². The third-order valence-electron chi connectivity index (χ3n) is 3.51. The van der Waals surface area contributed by atoms with Crippen LogP contribution in [0.1, 0.15) is 31.9 Å². The van der Waals surface area contributed by atoms with Crippen molar-refractivity contribution in [1.82, 2.24) is 5.32 Å². The smallest absolute Gasteiger partial charge is 0.0387 e. The van der Waals surface area contributed by atoms with Gasteiger partial charge in [0.1, 0.15) is 0 Å². The molecule has 1 unspecified atom stereocenters. The Morgan fingerprint density at radius 2 is 1.76 bits per heavy atom. The minimum atomic E-state index is 0.199. The molecule has 1 aliphatic heterocycles. The molecule has 1 aromatic rings. The highest BCUT2D eigenvalue weighted by atomic mass is 15.2. The Labute approximate surface area is 105 Å². The summed E-state index contributed by atoms with van der Waals surface area (Å²) in [7, 11) is 0. The van der Waals surface area contributed by atoms with Crippen molar-refractivity contribution < 1.29 is 0 Å². The summed E-state index contributed by atoms with van der Waals surface area (Å²) in [6, 6.07) is 7.39. The molecule has 0 aromatic heterocycles. The first-order chi connectivity index (χ1) is 7.87. The Hall–Kier alpha value is -1.02. The van der Waals surface area contributed by atoms with E-state index in [4.69, 9.17) is 0 Å². The average Bonchev–Trinajstić information content (AvgIpc) is 2.20. The zero-order valence-corrected chi connectivity index (χ0v) is 11.7. The number of hydrogen-bond acceptors (Lipinski definition) is 2. The van der Waals surface area contributed by atoms with Crippen molar-refractivity contribution in [2.24, 2.45) is 0 Å². The third-order valence-corrected chi connectivity index (χ3v) is 3.51. The Bertz CT molecular complexity index is 389. The molecule has 1 heterocycles. The van der Waals surface area contributed by atoms with E-state index in [-0.39, 0.29) is 5.54 Å². The van der Waals surface area contributed by atoms with Gasteiger partial charge >= 0.3 is 0 Å². The second kappa shape index (κ2) is 4.34. The quantitative estimate of drug-likeness (QED) is 0.801. The maximum atomic E-state index is 3.60. The van der Waals surface area contributed by atoms with Crippen molar-refractivity contribution in [3.8, 4) is 0 Å². The van der Waals surface area contributed by atoms with Gasteiger partial charge in [-0.25, -0.2) is 0 Å². The summed E-state index contributed by atoms with van der Waals surface area (Å²) in [5, 5.41) is 3.60. The van der Waals surface area contributed by atoms with Crippen LogP contribution in [0.3, 0.4) is 0 Å². The predicted molar refractivity (Wildman–Crippen MR) is 74.8 cm³/mol. The van der Waals surface area contributed by atoms with Gasteiger partial charge in [-0.2, -0.15) is 0 Å². The summed E-state index contributed by atoms with van der Waals surface area (Å²) in [5.41, 5.74) is 4.26. The Morgan fingerprint density at radius 3 is 2.35 bits per heavy atom. The minimum Gasteiger partial charge on any atom is -0.366 e. The van der Waals surface area contributed by atoms with Crippen molar-refractivity contribution in [3.63, 3.8) is 0 Å². The molecule has 2 heteroatoms. The van der Waals surface area contributed by atoms with Gasteiger partial charge in [0.2, 0.25) is 0 Å². The van der Waals surface area contributed by atoms with Gasteiger partial charge in [-0.15, -0.1) is 0 Å². The van der Waals surface area contributed by atoms with Crippen molar-refractivity contribution in [1.29, 1.82) is 0 Å². The molecule has 17 heavy (non-hydrogen) atoms. The van der Waals surface area contributed by atoms with E-state index in [9.17, 15) is 0 Å². The second-order valence-corrected chi connectivity index (χ2v) is 6.09. The monoisotopic (exact) mass is 232 g/mol. The normalized spacial score (nSPS) is 23.8. The van der Waals surface area contributed by atoms with Crippen LogP contribution in [0.2, 0.25) is 0 Å². The van der Waals surface area contributed by atoms with E-state index in [0.29, 0.717) is 6.04 Å².